The number of fused-ring (bicyclic) bond motifs is 1. The Hall–Kier alpha value is -1.64. The summed E-state index contributed by atoms with van der Waals surface area (Å²) in [6, 6.07) is 3.92. The largest absolute Gasteiger partial charge is 0.363 e. The van der Waals surface area contributed by atoms with Crippen molar-refractivity contribution in [2.24, 2.45) is 5.73 Å². The van der Waals surface area contributed by atoms with E-state index >= 15 is 0 Å². The van der Waals surface area contributed by atoms with Crippen molar-refractivity contribution in [1.82, 2.24) is 20.4 Å². The first-order valence-electron chi connectivity index (χ1n) is 6.42. The van der Waals surface area contributed by atoms with Crippen LogP contribution in [0.3, 0.4) is 0 Å². The van der Waals surface area contributed by atoms with E-state index in [1.54, 1.807) is 23.7 Å². The van der Waals surface area contributed by atoms with Gasteiger partial charge in [-0.2, -0.15) is 0 Å². The standard InChI is InChI=1S/C13H13BrN6S/c14-10-9(1-4-15)21-12-11(10)18-20-19-13(12)17-7-8-2-5-16-6-3-8/h2-3,5-6H,1,4,7,15H2,(H,17,18,19). The van der Waals surface area contributed by atoms with Crippen molar-refractivity contribution in [2.75, 3.05) is 11.9 Å². The molecule has 0 saturated heterocycles. The second-order valence-corrected chi connectivity index (χ2v) is 6.30. The van der Waals surface area contributed by atoms with Gasteiger partial charge in [-0.3, -0.25) is 4.98 Å². The highest BCUT2D eigenvalue weighted by Gasteiger charge is 2.15. The lowest BCUT2D eigenvalue weighted by molar-refractivity contribution is 0.890. The summed E-state index contributed by atoms with van der Waals surface area (Å²) >= 11 is 5.22. The maximum atomic E-state index is 5.64. The van der Waals surface area contributed by atoms with Gasteiger partial charge >= 0.3 is 0 Å². The highest BCUT2D eigenvalue weighted by molar-refractivity contribution is 9.10. The molecule has 6 nitrogen and oxygen atoms in total. The first-order chi connectivity index (χ1) is 10.3. The predicted octanol–water partition coefficient (Wildman–Crippen LogP) is 2.36. The number of thiophene rings is 1. The number of hydrogen-bond donors (Lipinski definition) is 2. The Morgan fingerprint density at radius 3 is 2.81 bits per heavy atom. The number of rotatable bonds is 5. The van der Waals surface area contributed by atoms with Crippen LogP contribution in [0.1, 0.15) is 10.4 Å². The average Bonchev–Trinajstić information content (AvgIpc) is 2.84. The van der Waals surface area contributed by atoms with Crippen molar-refractivity contribution in [1.29, 1.82) is 0 Å². The van der Waals surface area contributed by atoms with E-state index in [0.29, 0.717) is 13.1 Å². The minimum Gasteiger partial charge on any atom is -0.363 e. The molecule has 3 N–H and O–H groups in total. The minimum atomic E-state index is 0.603. The number of aromatic nitrogens is 4. The Morgan fingerprint density at radius 1 is 1.24 bits per heavy atom. The van der Waals surface area contributed by atoms with E-state index in [9.17, 15) is 0 Å². The van der Waals surface area contributed by atoms with E-state index in [-0.39, 0.29) is 0 Å². The second-order valence-electron chi connectivity index (χ2n) is 4.40. The van der Waals surface area contributed by atoms with Gasteiger partial charge in [-0.15, -0.1) is 21.5 Å². The van der Waals surface area contributed by atoms with Gasteiger partial charge in [-0.1, -0.05) is 0 Å². The molecular weight excluding hydrogens is 352 g/mol. The third kappa shape index (κ3) is 3.02. The fourth-order valence-corrected chi connectivity index (χ4v) is 3.90. The van der Waals surface area contributed by atoms with Crippen molar-refractivity contribution < 1.29 is 0 Å². The summed E-state index contributed by atoms with van der Waals surface area (Å²) in [5.74, 6) is 0.741. The first kappa shape index (κ1) is 14.3. The van der Waals surface area contributed by atoms with Crippen LogP contribution in [-0.4, -0.2) is 26.9 Å². The first-order valence-corrected chi connectivity index (χ1v) is 8.03. The molecule has 0 aliphatic rings. The molecule has 0 bridgehead atoms. The van der Waals surface area contributed by atoms with E-state index < -0.39 is 0 Å². The maximum Gasteiger partial charge on any atom is 0.170 e. The summed E-state index contributed by atoms with van der Waals surface area (Å²) in [7, 11) is 0. The fraction of sp³-hybridized carbons (Fsp3) is 0.231. The van der Waals surface area contributed by atoms with E-state index in [1.807, 2.05) is 12.1 Å². The number of anilines is 1. The molecular formula is C13H13BrN6S. The Labute approximate surface area is 133 Å². The van der Waals surface area contributed by atoms with Crippen molar-refractivity contribution in [3.8, 4) is 0 Å². The normalized spacial score (nSPS) is 11.0. The number of nitrogens with zero attached hydrogens (tertiary/aromatic N) is 4. The van der Waals surface area contributed by atoms with Gasteiger partial charge in [0, 0.05) is 23.8 Å². The summed E-state index contributed by atoms with van der Waals surface area (Å²) in [5.41, 5.74) is 7.60. The maximum absolute atomic E-state index is 5.64. The van der Waals surface area contributed by atoms with Crippen LogP contribution in [0.15, 0.2) is 29.0 Å². The molecule has 0 fully saturated rings. The van der Waals surface area contributed by atoms with Crippen LogP contribution < -0.4 is 11.1 Å². The molecule has 0 aliphatic heterocycles. The monoisotopic (exact) mass is 364 g/mol. The van der Waals surface area contributed by atoms with Crippen molar-refractivity contribution in [3.05, 3.63) is 39.4 Å². The summed E-state index contributed by atoms with van der Waals surface area (Å²) in [6.45, 7) is 1.27. The number of halogens is 1. The van der Waals surface area contributed by atoms with Crippen LogP contribution in [0.4, 0.5) is 5.82 Å². The summed E-state index contributed by atoms with van der Waals surface area (Å²) in [4.78, 5) is 5.17. The van der Waals surface area contributed by atoms with Gasteiger partial charge in [0.25, 0.3) is 0 Å². The molecule has 0 spiro atoms. The van der Waals surface area contributed by atoms with Gasteiger partial charge in [0.05, 0.1) is 4.47 Å². The third-order valence-corrected chi connectivity index (χ3v) is 5.34. The zero-order valence-corrected chi connectivity index (χ0v) is 13.5. The Balaban J connectivity index is 1.90. The molecule has 0 radical (unpaired) electrons. The number of hydrogen-bond acceptors (Lipinski definition) is 7. The minimum absolute atomic E-state index is 0.603. The zero-order valence-electron chi connectivity index (χ0n) is 11.1. The summed E-state index contributed by atoms with van der Waals surface area (Å²) < 4.78 is 1.96. The van der Waals surface area contributed by atoms with Gasteiger partial charge in [0.2, 0.25) is 0 Å². The Bertz CT molecular complexity index is 745. The number of pyridine rings is 1. The smallest absolute Gasteiger partial charge is 0.170 e. The molecule has 3 heterocycles. The topological polar surface area (TPSA) is 89.6 Å². The van der Waals surface area contributed by atoms with E-state index in [0.717, 1.165) is 32.5 Å². The lowest BCUT2D eigenvalue weighted by Gasteiger charge is -2.04. The molecule has 3 aromatic heterocycles. The van der Waals surface area contributed by atoms with E-state index in [1.165, 1.54) is 4.88 Å². The van der Waals surface area contributed by atoms with Gasteiger partial charge < -0.3 is 11.1 Å². The molecule has 0 aromatic carbocycles. The predicted molar refractivity (Wildman–Crippen MR) is 87.2 cm³/mol. The zero-order chi connectivity index (χ0) is 14.7. The van der Waals surface area contributed by atoms with Crippen LogP contribution in [0.25, 0.3) is 10.2 Å². The van der Waals surface area contributed by atoms with E-state index in [2.05, 4.69) is 41.6 Å². The van der Waals surface area contributed by atoms with E-state index in [4.69, 9.17) is 5.73 Å². The van der Waals surface area contributed by atoms with Crippen LogP contribution >= 0.6 is 27.3 Å². The lowest BCUT2D eigenvalue weighted by Crippen LogP contribution is -2.03. The SMILES string of the molecule is NCCc1sc2c(NCc3ccncc3)nnnc2c1Br. The Morgan fingerprint density at radius 2 is 2.05 bits per heavy atom. The molecule has 0 saturated carbocycles. The van der Waals surface area contributed by atoms with Crippen molar-refractivity contribution in [2.45, 2.75) is 13.0 Å². The molecule has 0 unspecified atom stereocenters. The highest BCUT2D eigenvalue weighted by atomic mass is 79.9. The third-order valence-electron chi connectivity index (χ3n) is 2.98. The number of nitrogens with two attached hydrogens (primary N) is 1. The molecule has 8 heteroatoms. The quantitative estimate of drug-likeness (QED) is 0.722. The molecule has 0 aliphatic carbocycles. The number of nitrogens with one attached hydrogen (secondary N) is 1. The fourth-order valence-electron chi connectivity index (χ4n) is 1.95. The lowest BCUT2D eigenvalue weighted by atomic mass is 10.3. The van der Waals surface area contributed by atoms with Crippen molar-refractivity contribution in [3.63, 3.8) is 0 Å². The van der Waals surface area contributed by atoms with Gasteiger partial charge in [-0.25, -0.2) is 0 Å². The molecule has 3 aromatic rings. The molecule has 0 atom stereocenters. The van der Waals surface area contributed by atoms with Crippen LogP contribution in [0.2, 0.25) is 0 Å². The summed E-state index contributed by atoms with van der Waals surface area (Å²) in [5, 5.41) is 15.4. The Kier molecular flexibility index (Phi) is 4.37. The second kappa shape index (κ2) is 6.42. The van der Waals surface area contributed by atoms with Crippen LogP contribution in [-0.2, 0) is 13.0 Å². The molecule has 108 valence electrons. The average molecular weight is 365 g/mol. The van der Waals surface area contributed by atoms with Crippen LogP contribution in [0.5, 0.6) is 0 Å². The molecule has 21 heavy (non-hydrogen) atoms. The highest BCUT2D eigenvalue weighted by Crippen LogP contribution is 2.37. The summed E-state index contributed by atoms with van der Waals surface area (Å²) in [6.07, 6.45) is 4.35. The van der Waals surface area contributed by atoms with Gasteiger partial charge in [0.1, 0.15) is 10.2 Å². The van der Waals surface area contributed by atoms with Gasteiger partial charge in [0.15, 0.2) is 5.82 Å². The molecule has 3 rings (SSSR count). The molecule has 0 amide bonds. The van der Waals surface area contributed by atoms with Crippen LogP contribution in [0, 0.1) is 0 Å². The van der Waals surface area contributed by atoms with Gasteiger partial charge in [-0.05, 0) is 51.8 Å². The van der Waals surface area contributed by atoms with Crippen molar-refractivity contribution >= 4 is 43.3 Å².